The normalized spacial score (nSPS) is 16.3. The molecule has 0 bridgehead atoms. The Morgan fingerprint density at radius 3 is 2.48 bits per heavy atom. The number of benzene rings is 2. The molecule has 2 aromatic carbocycles. The van der Waals surface area contributed by atoms with Crippen molar-refractivity contribution >= 4 is 29.1 Å². The summed E-state index contributed by atoms with van der Waals surface area (Å²) in [5.41, 5.74) is 5.99. The van der Waals surface area contributed by atoms with Crippen molar-refractivity contribution in [3.63, 3.8) is 0 Å². The van der Waals surface area contributed by atoms with E-state index in [1.54, 1.807) is 35.2 Å². The van der Waals surface area contributed by atoms with Gasteiger partial charge in [0.25, 0.3) is 11.0 Å². The van der Waals surface area contributed by atoms with E-state index in [0.717, 1.165) is 18.9 Å². The first-order chi connectivity index (χ1) is 13.5. The van der Waals surface area contributed by atoms with Gasteiger partial charge in [0.2, 0.25) is 0 Å². The highest BCUT2D eigenvalue weighted by molar-refractivity contribution is 5.85. The number of halogens is 2. The fraction of sp³-hybridized carbons (Fsp3) is 0.250. The molecule has 4 rings (SSSR count). The van der Waals surface area contributed by atoms with E-state index < -0.39 is 5.82 Å². The van der Waals surface area contributed by atoms with E-state index in [4.69, 9.17) is 5.73 Å². The number of piperidine rings is 1. The van der Waals surface area contributed by atoms with Gasteiger partial charge in [-0.15, -0.1) is 17.1 Å². The van der Waals surface area contributed by atoms with E-state index in [1.165, 1.54) is 6.07 Å². The molecule has 1 saturated heterocycles. The van der Waals surface area contributed by atoms with Crippen LogP contribution < -0.4 is 20.1 Å². The van der Waals surface area contributed by atoms with Gasteiger partial charge < -0.3 is 21.0 Å². The SMILES string of the molecule is Cl.N#Cc1c(-c2ccccc2)[n+]([O-])c2cc(F)c(N3CCCC(N)C3)cc2[n+]1[O-]. The minimum atomic E-state index is -0.602. The van der Waals surface area contributed by atoms with Gasteiger partial charge in [-0.05, 0) is 25.0 Å². The number of rotatable bonds is 2. The van der Waals surface area contributed by atoms with Crippen molar-refractivity contribution in [3.05, 3.63) is 64.4 Å². The molecule has 2 N–H and O–H groups in total. The van der Waals surface area contributed by atoms with E-state index in [0.29, 0.717) is 28.1 Å². The molecule has 29 heavy (non-hydrogen) atoms. The molecule has 9 heteroatoms. The lowest BCUT2D eigenvalue weighted by Crippen LogP contribution is -2.45. The maximum atomic E-state index is 14.8. The predicted octanol–water partition coefficient (Wildman–Crippen LogP) is 2.13. The molecule has 0 radical (unpaired) electrons. The number of nitrogens with two attached hydrogens (primary N) is 1. The van der Waals surface area contributed by atoms with Gasteiger partial charge in [0.05, 0.1) is 17.3 Å². The Hall–Kier alpha value is -3.15. The second-order valence-electron chi connectivity index (χ2n) is 6.90. The van der Waals surface area contributed by atoms with Crippen molar-refractivity contribution in [3.8, 4) is 17.3 Å². The number of fused-ring (bicyclic) bond motifs is 1. The molecule has 1 unspecified atom stereocenters. The van der Waals surface area contributed by atoms with Crippen LogP contribution in [0.2, 0.25) is 0 Å². The summed E-state index contributed by atoms with van der Waals surface area (Å²) in [5.74, 6) is -0.602. The van der Waals surface area contributed by atoms with Crippen molar-refractivity contribution in [1.82, 2.24) is 0 Å². The lowest BCUT2D eigenvalue weighted by atomic mass is 10.1. The van der Waals surface area contributed by atoms with Crippen molar-refractivity contribution in [2.75, 3.05) is 18.0 Å². The number of hydrogen-bond acceptors (Lipinski definition) is 5. The van der Waals surface area contributed by atoms with Crippen molar-refractivity contribution in [2.24, 2.45) is 5.73 Å². The summed E-state index contributed by atoms with van der Waals surface area (Å²) < 4.78 is 15.7. The maximum absolute atomic E-state index is 14.8. The molecule has 7 nitrogen and oxygen atoms in total. The second kappa shape index (κ2) is 8.07. The van der Waals surface area contributed by atoms with Gasteiger partial charge in [0.1, 0.15) is 0 Å². The molecule has 1 aliphatic heterocycles. The lowest BCUT2D eigenvalue weighted by Gasteiger charge is -2.32. The van der Waals surface area contributed by atoms with E-state index in [1.807, 2.05) is 6.07 Å². The summed E-state index contributed by atoms with van der Waals surface area (Å²) in [6.07, 6.45) is 1.67. The van der Waals surface area contributed by atoms with Crippen LogP contribution in [0.1, 0.15) is 18.5 Å². The molecule has 0 amide bonds. The average molecular weight is 416 g/mol. The highest BCUT2D eigenvalue weighted by Gasteiger charge is 2.32. The molecule has 1 aromatic heterocycles. The third kappa shape index (κ3) is 3.50. The van der Waals surface area contributed by atoms with Crippen molar-refractivity contribution in [2.45, 2.75) is 18.9 Å². The number of hydrogen-bond donors (Lipinski definition) is 1. The third-order valence-electron chi connectivity index (χ3n) is 5.06. The number of nitriles is 1. The largest absolute Gasteiger partial charge is 0.617 e. The van der Waals surface area contributed by atoms with Gasteiger partial charge in [-0.25, -0.2) is 4.39 Å². The first-order valence-electron chi connectivity index (χ1n) is 8.99. The van der Waals surface area contributed by atoms with Crippen LogP contribution in [0.3, 0.4) is 0 Å². The minimum Gasteiger partial charge on any atom is -0.617 e. The lowest BCUT2D eigenvalue weighted by molar-refractivity contribution is -0.622. The number of aromatic nitrogens is 2. The smallest absolute Gasteiger partial charge is 0.369 e. The van der Waals surface area contributed by atoms with E-state index in [2.05, 4.69) is 0 Å². The molecule has 1 fully saturated rings. The van der Waals surface area contributed by atoms with Gasteiger partial charge in [-0.2, -0.15) is 9.99 Å². The van der Waals surface area contributed by atoms with Gasteiger partial charge >= 0.3 is 11.4 Å². The van der Waals surface area contributed by atoms with E-state index >= 15 is 0 Å². The first-order valence-corrected chi connectivity index (χ1v) is 8.99. The summed E-state index contributed by atoms with van der Waals surface area (Å²) in [5, 5.41) is 35.4. The Morgan fingerprint density at radius 1 is 1.14 bits per heavy atom. The molecular weight excluding hydrogens is 397 g/mol. The molecule has 0 aliphatic carbocycles. The van der Waals surface area contributed by atoms with E-state index in [-0.39, 0.29) is 46.6 Å². The summed E-state index contributed by atoms with van der Waals surface area (Å²) in [6, 6.07) is 12.5. The van der Waals surface area contributed by atoms with Crippen LogP contribution in [0.25, 0.3) is 22.3 Å². The Morgan fingerprint density at radius 2 is 1.83 bits per heavy atom. The Labute approximate surface area is 173 Å². The van der Waals surface area contributed by atoms with Crippen LogP contribution in [0.15, 0.2) is 42.5 Å². The summed E-state index contributed by atoms with van der Waals surface area (Å²) in [4.78, 5) is 1.77. The first kappa shape index (κ1) is 20.6. The zero-order valence-electron chi connectivity index (χ0n) is 15.4. The average Bonchev–Trinajstić information content (AvgIpc) is 2.70. The fourth-order valence-corrected chi connectivity index (χ4v) is 3.72. The standard InChI is InChI=1S/C20H18FN5O2.ClH/c21-15-9-17-18(10-16(15)24-8-4-7-14(23)12-24)25(27)19(11-22)20(26(17)28)13-5-2-1-3-6-13;/h1-3,5-6,9-10,14H,4,7-8,12,23H2;1H. The maximum Gasteiger partial charge on any atom is 0.369 e. The highest BCUT2D eigenvalue weighted by atomic mass is 35.5. The molecule has 0 spiro atoms. The van der Waals surface area contributed by atoms with Crippen LogP contribution in [0, 0.1) is 27.6 Å². The summed E-state index contributed by atoms with van der Waals surface area (Å²) in [6.45, 7) is 1.07. The van der Waals surface area contributed by atoms with Crippen molar-refractivity contribution < 1.29 is 13.9 Å². The minimum absolute atomic E-state index is 0. The molecular formula is C20H19ClFN5O2. The molecule has 1 aliphatic rings. The van der Waals surface area contributed by atoms with Crippen LogP contribution in [-0.2, 0) is 0 Å². The Balaban J connectivity index is 0.00000240. The summed E-state index contributed by atoms with van der Waals surface area (Å²) >= 11 is 0. The predicted molar refractivity (Wildman–Crippen MR) is 109 cm³/mol. The molecule has 1 atom stereocenters. The molecule has 2 heterocycles. The number of nitrogens with zero attached hydrogens (tertiary/aromatic N) is 4. The Bertz CT molecular complexity index is 1100. The van der Waals surface area contributed by atoms with Gasteiger partial charge in [0, 0.05) is 25.2 Å². The summed E-state index contributed by atoms with van der Waals surface area (Å²) in [7, 11) is 0. The quantitative estimate of drug-likeness (QED) is 0.509. The molecule has 0 saturated carbocycles. The zero-order valence-corrected chi connectivity index (χ0v) is 16.2. The van der Waals surface area contributed by atoms with Gasteiger partial charge in [0.15, 0.2) is 11.9 Å². The Kier molecular flexibility index (Phi) is 5.73. The number of anilines is 1. The topological polar surface area (TPSA) is 107 Å². The van der Waals surface area contributed by atoms with Gasteiger partial charge in [-0.3, -0.25) is 0 Å². The second-order valence-corrected chi connectivity index (χ2v) is 6.90. The fourth-order valence-electron chi connectivity index (χ4n) is 3.72. The van der Waals surface area contributed by atoms with Crippen LogP contribution in [0.4, 0.5) is 10.1 Å². The van der Waals surface area contributed by atoms with E-state index in [9.17, 15) is 20.1 Å². The molecule has 150 valence electrons. The van der Waals surface area contributed by atoms with Crippen LogP contribution in [-0.4, -0.2) is 19.1 Å². The van der Waals surface area contributed by atoms with Crippen LogP contribution >= 0.6 is 12.4 Å². The zero-order chi connectivity index (χ0) is 19.8. The molecule has 3 aromatic rings. The third-order valence-corrected chi connectivity index (χ3v) is 5.06. The monoisotopic (exact) mass is 415 g/mol. The van der Waals surface area contributed by atoms with Crippen molar-refractivity contribution in [1.29, 1.82) is 5.26 Å². The highest BCUT2D eigenvalue weighted by Crippen LogP contribution is 2.27. The van der Waals surface area contributed by atoms with Crippen LogP contribution in [0.5, 0.6) is 0 Å². The van der Waals surface area contributed by atoms with Gasteiger partial charge in [-0.1, -0.05) is 18.2 Å².